The number of carboxylic acids is 1. The van der Waals surface area contributed by atoms with Crippen LogP contribution in [0.3, 0.4) is 0 Å². The highest BCUT2D eigenvalue weighted by Crippen LogP contribution is 2.18. The van der Waals surface area contributed by atoms with E-state index in [1.165, 1.54) is 14.0 Å². The van der Waals surface area contributed by atoms with Gasteiger partial charge in [0.05, 0.1) is 7.11 Å². The van der Waals surface area contributed by atoms with Gasteiger partial charge in [0.2, 0.25) is 11.8 Å². The summed E-state index contributed by atoms with van der Waals surface area (Å²) in [5, 5.41) is 14.5. The van der Waals surface area contributed by atoms with E-state index in [4.69, 9.17) is 4.74 Å². The molecule has 0 aliphatic rings. The van der Waals surface area contributed by atoms with E-state index in [1.54, 1.807) is 24.3 Å². The molecule has 1 unspecified atom stereocenters. The molecule has 0 saturated carbocycles. The normalized spacial score (nSPS) is 11.4. The number of benzene rings is 1. The Hall–Kier alpha value is -2.57. The van der Waals surface area contributed by atoms with Crippen molar-refractivity contribution in [2.75, 3.05) is 13.7 Å². The van der Waals surface area contributed by atoms with Gasteiger partial charge in [0, 0.05) is 19.9 Å². The van der Waals surface area contributed by atoms with Crippen LogP contribution < -0.4 is 15.4 Å². The van der Waals surface area contributed by atoms with Crippen LogP contribution in [0.1, 0.15) is 44.2 Å². The van der Waals surface area contributed by atoms with Crippen LogP contribution in [0, 0.1) is 0 Å². The highest BCUT2D eigenvalue weighted by molar-refractivity contribution is 5.84. The lowest BCUT2D eigenvalue weighted by Gasteiger charge is -2.15. The average molecular weight is 336 g/mol. The Labute approximate surface area is 141 Å². The van der Waals surface area contributed by atoms with E-state index in [1.807, 2.05) is 0 Å². The van der Waals surface area contributed by atoms with E-state index in [2.05, 4.69) is 10.6 Å². The number of carboxylic acid groups (broad SMARTS) is 1. The highest BCUT2D eigenvalue weighted by Gasteiger charge is 2.21. The van der Waals surface area contributed by atoms with Crippen molar-refractivity contribution < 1.29 is 24.2 Å². The molecule has 0 radical (unpaired) electrons. The molecule has 1 atom stereocenters. The standard InChI is InChI=1S/C17H24N2O5/c1-12(20)18-11-5-3-4-6-15(21)19-16(17(22)23)13-7-9-14(24-2)10-8-13/h7-10,16H,3-6,11H2,1-2H3,(H,18,20)(H,19,21)(H,22,23). The van der Waals surface area contributed by atoms with Crippen LogP contribution in [-0.4, -0.2) is 36.5 Å². The lowest BCUT2D eigenvalue weighted by molar-refractivity contribution is -0.142. The minimum Gasteiger partial charge on any atom is -0.497 e. The van der Waals surface area contributed by atoms with Crippen LogP contribution in [0.4, 0.5) is 0 Å². The van der Waals surface area contributed by atoms with E-state index in [0.717, 1.165) is 12.8 Å². The largest absolute Gasteiger partial charge is 0.497 e. The second-order valence-electron chi connectivity index (χ2n) is 5.41. The van der Waals surface area contributed by atoms with Gasteiger partial charge in [-0.25, -0.2) is 4.79 Å². The van der Waals surface area contributed by atoms with E-state index in [0.29, 0.717) is 24.3 Å². The minimum atomic E-state index is -1.11. The molecule has 3 N–H and O–H groups in total. The van der Waals surface area contributed by atoms with Crippen molar-refractivity contribution in [3.05, 3.63) is 29.8 Å². The van der Waals surface area contributed by atoms with Crippen molar-refractivity contribution in [3.63, 3.8) is 0 Å². The minimum absolute atomic E-state index is 0.0727. The van der Waals surface area contributed by atoms with E-state index < -0.39 is 12.0 Å². The smallest absolute Gasteiger partial charge is 0.330 e. The zero-order chi connectivity index (χ0) is 17.9. The molecule has 2 amide bonds. The van der Waals surface area contributed by atoms with Gasteiger partial charge in [0.1, 0.15) is 5.75 Å². The summed E-state index contributed by atoms with van der Waals surface area (Å²) < 4.78 is 5.03. The SMILES string of the molecule is COc1ccc(C(NC(=O)CCCCCNC(C)=O)C(=O)O)cc1. The molecule has 0 spiro atoms. The fourth-order valence-electron chi connectivity index (χ4n) is 2.17. The van der Waals surface area contributed by atoms with Gasteiger partial charge < -0.3 is 20.5 Å². The summed E-state index contributed by atoms with van der Waals surface area (Å²) in [5.74, 6) is -0.873. The third-order valence-corrected chi connectivity index (χ3v) is 3.46. The lowest BCUT2D eigenvalue weighted by Crippen LogP contribution is -2.33. The molecule has 0 fully saturated rings. The van der Waals surface area contributed by atoms with Gasteiger partial charge >= 0.3 is 5.97 Å². The number of aliphatic carboxylic acids is 1. The van der Waals surface area contributed by atoms with Crippen LogP contribution in [0.25, 0.3) is 0 Å². The fraction of sp³-hybridized carbons (Fsp3) is 0.471. The molecule has 1 rings (SSSR count). The summed E-state index contributed by atoms with van der Waals surface area (Å²) >= 11 is 0. The van der Waals surface area contributed by atoms with Crippen molar-refractivity contribution in [2.45, 2.75) is 38.6 Å². The lowest BCUT2D eigenvalue weighted by atomic mass is 10.1. The van der Waals surface area contributed by atoms with Crippen molar-refractivity contribution >= 4 is 17.8 Å². The van der Waals surface area contributed by atoms with Gasteiger partial charge in [-0.3, -0.25) is 9.59 Å². The summed E-state index contributed by atoms with van der Waals surface area (Å²) in [6, 6.07) is 5.46. The van der Waals surface area contributed by atoms with Crippen LogP contribution in [-0.2, 0) is 14.4 Å². The number of methoxy groups -OCH3 is 1. The summed E-state index contributed by atoms with van der Waals surface area (Å²) in [5.41, 5.74) is 0.488. The van der Waals surface area contributed by atoms with Crippen LogP contribution in [0.5, 0.6) is 5.75 Å². The van der Waals surface area contributed by atoms with E-state index in [9.17, 15) is 19.5 Å². The third-order valence-electron chi connectivity index (χ3n) is 3.46. The molecular formula is C17H24N2O5. The number of unbranched alkanes of at least 4 members (excludes halogenated alkanes) is 2. The molecule has 24 heavy (non-hydrogen) atoms. The average Bonchev–Trinajstić information content (AvgIpc) is 2.55. The molecule has 0 heterocycles. The fourth-order valence-corrected chi connectivity index (χ4v) is 2.17. The maximum atomic E-state index is 11.9. The van der Waals surface area contributed by atoms with Gasteiger partial charge in [0.15, 0.2) is 6.04 Å². The van der Waals surface area contributed by atoms with Gasteiger partial charge in [0.25, 0.3) is 0 Å². The molecule has 0 aromatic heterocycles. The first-order chi connectivity index (χ1) is 11.4. The number of carbonyl (C=O) groups excluding carboxylic acids is 2. The Kier molecular flexibility index (Phi) is 8.32. The molecule has 132 valence electrons. The van der Waals surface area contributed by atoms with Gasteiger partial charge in [-0.15, -0.1) is 0 Å². The number of rotatable bonds is 10. The number of ether oxygens (including phenoxy) is 1. The number of nitrogens with one attached hydrogen (secondary N) is 2. The van der Waals surface area contributed by atoms with E-state index >= 15 is 0 Å². The maximum Gasteiger partial charge on any atom is 0.330 e. The topological polar surface area (TPSA) is 105 Å². The quantitative estimate of drug-likeness (QED) is 0.563. The van der Waals surface area contributed by atoms with Crippen molar-refractivity contribution in [3.8, 4) is 5.75 Å². The zero-order valence-electron chi connectivity index (χ0n) is 14.0. The molecule has 7 nitrogen and oxygen atoms in total. The molecule has 0 aliphatic carbocycles. The Morgan fingerprint density at radius 1 is 1.12 bits per heavy atom. The Morgan fingerprint density at radius 2 is 1.79 bits per heavy atom. The second kappa shape index (κ2) is 10.3. The molecule has 1 aromatic rings. The third kappa shape index (κ3) is 7.13. The summed E-state index contributed by atoms with van der Waals surface area (Å²) in [7, 11) is 1.53. The predicted octanol–water partition coefficient (Wildman–Crippen LogP) is 1.63. The summed E-state index contributed by atoms with van der Waals surface area (Å²) in [6.45, 7) is 2.04. The Bertz CT molecular complexity index is 557. The van der Waals surface area contributed by atoms with Crippen LogP contribution in [0.2, 0.25) is 0 Å². The van der Waals surface area contributed by atoms with Crippen molar-refractivity contribution in [2.24, 2.45) is 0 Å². The monoisotopic (exact) mass is 336 g/mol. The predicted molar refractivity (Wildman–Crippen MR) is 88.7 cm³/mol. The first kappa shape index (κ1) is 19.5. The number of hydrogen-bond acceptors (Lipinski definition) is 4. The first-order valence-corrected chi connectivity index (χ1v) is 7.84. The Morgan fingerprint density at radius 3 is 2.33 bits per heavy atom. The molecule has 0 saturated heterocycles. The zero-order valence-corrected chi connectivity index (χ0v) is 14.0. The first-order valence-electron chi connectivity index (χ1n) is 7.84. The summed E-state index contributed by atoms with van der Waals surface area (Å²) in [4.78, 5) is 34.0. The molecule has 0 bridgehead atoms. The molecule has 1 aromatic carbocycles. The van der Waals surface area contributed by atoms with Gasteiger partial charge in [-0.2, -0.15) is 0 Å². The van der Waals surface area contributed by atoms with Gasteiger partial charge in [-0.1, -0.05) is 18.6 Å². The van der Waals surface area contributed by atoms with Crippen LogP contribution in [0.15, 0.2) is 24.3 Å². The van der Waals surface area contributed by atoms with Crippen molar-refractivity contribution in [1.29, 1.82) is 0 Å². The summed E-state index contributed by atoms with van der Waals surface area (Å²) in [6.07, 6.45) is 2.46. The number of amides is 2. The van der Waals surface area contributed by atoms with E-state index in [-0.39, 0.29) is 18.2 Å². The van der Waals surface area contributed by atoms with Gasteiger partial charge in [-0.05, 0) is 30.5 Å². The Balaban J connectivity index is 2.42. The second-order valence-corrected chi connectivity index (χ2v) is 5.41. The van der Waals surface area contributed by atoms with Crippen molar-refractivity contribution in [1.82, 2.24) is 10.6 Å². The molecule has 0 aliphatic heterocycles. The highest BCUT2D eigenvalue weighted by atomic mass is 16.5. The number of carbonyl (C=O) groups is 3. The number of hydrogen-bond donors (Lipinski definition) is 3. The molecule has 7 heteroatoms. The molecular weight excluding hydrogens is 312 g/mol. The van der Waals surface area contributed by atoms with Crippen LogP contribution >= 0.6 is 0 Å². The maximum absolute atomic E-state index is 11.9.